The number of aromatic amines is 1. The molecule has 0 aliphatic rings. The Bertz CT molecular complexity index is 683. The summed E-state index contributed by atoms with van der Waals surface area (Å²) in [6.07, 6.45) is 1.76. The van der Waals surface area contributed by atoms with E-state index in [1.54, 1.807) is 0 Å². The van der Waals surface area contributed by atoms with Crippen molar-refractivity contribution in [1.29, 1.82) is 0 Å². The normalized spacial score (nSPS) is 10.7. The Labute approximate surface area is 105 Å². The van der Waals surface area contributed by atoms with E-state index in [0.29, 0.717) is 0 Å². The molecule has 18 heavy (non-hydrogen) atoms. The van der Waals surface area contributed by atoms with Crippen molar-refractivity contribution in [2.75, 3.05) is 0 Å². The summed E-state index contributed by atoms with van der Waals surface area (Å²) in [4.78, 5) is 14.3. The molecule has 0 spiro atoms. The van der Waals surface area contributed by atoms with Crippen molar-refractivity contribution in [2.24, 2.45) is 0 Å². The topological polar surface area (TPSA) is 32.9 Å². The number of carbonyl (C=O) groups excluding carboxylic acids is 1. The third-order valence-electron chi connectivity index (χ3n) is 3.12. The second-order valence-electron chi connectivity index (χ2n) is 4.38. The summed E-state index contributed by atoms with van der Waals surface area (Å²) in [7, 11) is 0. The largest absolute Gasteiger partial charge is 0.358 e. The molecule has 2 heteroatoms. The van der Waals surface area contributed by atoms with Crippen molar-refractivity contribution >= 4 is 17.2 Å². The van der Waals surface area contributed by atoms with Gasteiger partial charge in [-0.3, -0.25) is 4.79 Å². The Morgan fingerprint density at radius 2 is 1.83 bits per heavy atom. The number of H-pyrrole nitrogens is 1. The Kier molecular flexibility index (Phi) is 2.69. The fraction of sp³-hybridized carbons (Fsp3) is 0.0625. The molecule has 0 radical (unpaired) electrons. The van der Waals surface area contributed by atoms with E-state index >= 15 is 0 Å². The monoisotopic (exact) mass is 235 g/mol. The first-order valence-corrected chi connectivity index (χ1v) is 5.96. The van der Waals surface area contributed by atoms with Crippen LogP contribution in [-0.4, -0.2) is 11.3 Å². The molecule has 3 aromatic rings. The SMILES string of the molecule is O=Cc1cccc2[nH]c(Cc3ccccc3)cc12. The highest BCUT2D eigenvalue weighted by Gasteiger charge is 2.05. The average molecular weight is 235 g/mol. The second-order valence-corrected chi connectivity index (χ2v) is 4.38. The lowest BCUT2D eigenvalue weighted by atomic mass is 10.1. The van der Waals surface area contributed by atoms with Gasteiger partial charge in [-0.1, -0.05) is 42.5 Å². The van der Waals surface area contributed by atoms with Crippen LogP contribution in [0.15, 0.2) is 54.6 Å². The minimum Gasteiger partial charge on any atom is -0.358 e. The van der Waals surface area contributed by atoms with Crippen LogP contribution in [0.3, 0.4) is 0 Å². The number of hydrogen-bond donors (Lipinski definition) is 1. The summed E-state index contributed by atoms with van der Waals surface area (Å²) < 4.78 is 0. The highest BCUT2D eigenvalue weighted by Crippen LogP contribution is 2.20. The van der Waals surface area contributed by atoms with Crippen LogP contribution in [0.4, 0.5) is 0 Å². The van der Waals surface area contributed by atoms with Gasteiger partial charge < -0.3 is 4.98 Å². The molecule has 0 amide bonds. The van der Waals surface area contributed by atoms with Gasteiger partial charge in [0.25, 0.3) is 0 Å². The molecule has 0 unspecified atom stereocenters. The summed E-state index contributed by atoms with van der Waals surface area (Å²) in [6.45, 7) is 0. The Balaban J connectivity index is 2.01. The van der Waals surface area contributed by atoms with Crippen molar-refractivity contribution in [1.82, 2.24) is 4.98 Å². The quantitative estimate of drug-likeness (QED) is 0.692. The number of fused-ring (bicyclic) bond motifs is 1. The number of aromatic nitrogens is 1. The number of carbonyl (C=O) groups is 1. The predicted molar refractivity (Wildman–Crippen MR) is 72.9 cm³/mol. The molecule has 0 atom stereocenters. The van der Waals surface area contributed by atoms with Gasteiger partial charge in [0.15, 0.2) is 6.29 Å². The summed E-state index contributed by atoms with van der Waals surface area (Å²) in [5.41, 5.74) is 4.15. The lowest BCUT2D eigenvalue weighted by Gasteiger charge is -1.97. The fourth-order valence-corrected chi connectivity index (χ4v) is 2.25. The third-order valence-corrected chi connectivity index (χ3v) is 3.12. The number of aldehydes is 1. The number of rotatable bonds is 3. The Morgan fingerprint density at radius 3 is 2.61 bits per heavy atom. The highest BCUT2D eigenvalue weighted by molar-refractivity contribution is 5.97. The maximum absolute atomic E-state index is 11.0. The zero-order chi connectivity index (χ0) is 12.4. The van der Waals surface area contributed by atoms with E-state index in [0.717, 1.165) is 34.9 Å². The molecule has 3 rings (SSSR count). The van der Waals surface area contributed by atoms with E-state index < -0.39 is 0 Å². The van der Waals surface area contributed by atoms with Crippen LogP contribution in [0.1, 0.15) is 21.6 Å². The van der Waals surface area contributed by atoms with Crippen LogP contribution in [0.2, 0.25) is 0 Å². The molecule has 1 N–H and O–H groups in total. The van der Waals surface area contributed by atoms with Crippen molar-refractivity contribution in [3.8, 4) is 0 Å². The number of nitrogens with one attached hydrogen (secondary N) is 1. The number of hydrogen-bond acceptors (Lipinski definition) is 1. The molecule has 2 nitrogen and oxygen atoms in total. The molecule has 2 aromatic carbocycles. The van der Waals surface area contributed by atoms with Gasteiger partial charge in [-0.2, -0.15) is 0 Å². The van der Waals surface area contributed by atoms with E-state index in [-0.39, 0.29) is 0 Å². The fourth-order valence-electron chi connectivity index (χ4n) is 2.25. The number of benzene rings is 2. The third kappa shape index (κ3) is 1.93. The summed E-state index contributed by atoms with van der Waals surface area (Å²) >= 11 is 0. The molecule has 88 valence electrons. The van der Waals surface area contributed by atoms with Crippen LogP contribution < -0.4 is 0 Å². The predicted octanol–water partition coefficient (Wildman–Crippen LogP) is 3.57. The second kappa shape index (κ2) is 4.49. The van der Waals surface area contributed by atoms with Gasteiger partial charge in [-0.15, -0.1) is 0 Å². The molecule has 1 heterocycles. The molecular weight excluding hydrogens is 222 g/mol. The minimum absolute atomic E-state index is 0.739. The standard InChI is InChI=1S/C16H13NO/c18-11-13-7-4-8-16-15(13)10-14(17-16)9-12-5-2-1-3-6-12/h1-8,10-11,17H,9H2. The molecule has 0 aliphatic carbocycles. The van der Waals surface area contributed by atoms with E-state index in [4.69, 9.17) is 0 Å². The lowest BCUT2D eigenvalue weighted by Crippen LogP contribution is -1.86. The van der Waals surface area contributed by atoms with E-state index in [1.807, 2.05) is 36.4 Å². The van der Waals surface area contributed by atoms with Gasteiger partial charge >= 0.3 is 0 Å². The summed E-state index contributed by atoms with van der Waals surface area (Å²) in [6, 6.07) is 18.1. The van der Waals surface area contributed by atoms with Crippen molar-refractivity contribution in [2.45, 2.75) is 6.42 Å². The first-order valence-electron chi connectivity index (χ1n) is 5.96. The van der Waals surface area contributed by atoms with Crippen molar-refractivity contribution < 1.29 is 4.79 Å². The molecule has 0 aliphatic heterocycles. The van der Waals surface area contributed by atoms with Crippen LogP contribution in [-0.2, 0) is 6.42 Å². The summed E-state index contributed by atoms with van der Waals surface area (Å²) in [5.74, 6) is 0. The Hall–Kier alpha value is -2.35. The molecule has 1 aromatic heterocycles. The first kappa shape index (κ1) is 10.8. The van der Waals surface area contributed by atoms with Crippen LogP contribution >= 0.6 is 0 Å². The van der Waals surface area contributed by atoms with Gasteiger partial charge in [0.1, 0.15) is 0 Å². The molecule has 0 bridgehead atoms. The molecule has 0 saturated carbocycles. The summed E-state index contributed by atoms with van der Waals surface area (Å²) in [5, 5.41) is 0.999. The van der Waals surface area contributed by atoms with E-state index in [2.05, 4.69) is 23.2 Å². The van der Waals surface area contributed by atoms with Gasteiger partial charge in [-0.05, 0) is 17.7 Å². The van der Waals surface area contributed by atoms with Gasteiger partial charge in [0.05, 0.1) is 0 Å². The van der Waals surface area contributed by atoms with Crippen LogP contribution in [0, 0.1) is 0 Å². The molecule has 0 fully saturated rings. The molecular formula is C16H13NO. The highest BCUT2D eigenvalue weighted by atomic mass is 16.1. The minimum atomic E-state index is 0.739. The zero-order valence-corrected chi connectivity index (χ0v) is 9.89. The van der Waals surface area contributed by atoms with Crippen molar-refractivity contribution in [3.05, 3.63) is 71.4 Å². The lowest BCUT2D eigenvalue weighted by molar-refractivity contribution is 0.112. The first-order chi connectivity index (χ1) is 8.86. The van der Waals surface area contributed by atoms with Gasteiger partial charge in [-0.25, -0.2) is 0 Å². The maximum atomic E-state index is 11.0. The smallest absolute Gasteiger partial charge is 0.150 e. The van der Waals surface area contributed by atoms with Gasteiger partial charge in [0.2, 0.25) is 0 Å². The van der Waals surface area contributed by atoms with Crippen LogP contribution in [0.25, 0.3) is 10.9 Å². The average Bonchev–Trinajstić information content (AvgIpc) is 2.82. The van der Waals surface area contributed by atoms with Crippen molar-refractivity contribution in [3.63, 3.8) is 0 Å². The van der Waals surface area contributed by atoms with Gasteiger partial charge in [0, 0.05) is 28.6 Å². The molecule has 0 saturated heterocycles. The Morgan fingerprint density at radius 1 is 1.00 bits per heavy atom. The van der Waals surface area contributed by atoms with Crippen LogP contribution in [0.5, 0.6) is 0 Å². The van der Waals surface area contributed by atoms with E-state index in [9.17, 15) is 4.79 Å². The van der Waals surface area contributed by atoms with E-state index in [1.165, 1.54) is 5.56 Å². The zero-order valence-electron chi connectivity index (χ0n) is 9.89. The maximum Gasteiger partial charge on any atom is 0.150 e.